The van der Waals surface area contributed by atoms with Gasteiger partial charge in [0.1, 0.15) is 0 Å². The third kappa shape index (κ3) is 2.24. The minimum absolute atomic E-state index is 0.399. The minimum atomic E-state index is 0.399. The molecule has 0 bridgehead atoms. The second-order valence-corrected chi connectivity index (χ2v) is 5.67. The molecule has 0 radical (unpaired) electrons. The van der Waals surface area contributed by atoms with Crippen LogP contribution in [0.2, 0.25) is 0 Å². The molecule has 3 nitrogen and oxygen atoms in total. The second kappa shape index (κ2) is 4.36. The second-order valence-electron chi connectivity index (χ2n) is 5.67. The van der Waals surface area contributed by atoms with Gasteiger partial charge in [-0.15, -0.1) is 0 Å². The average molecular weight is 222 g/mol. The van der Waals surface area contributed by atoms with Gasteiger partial charge in [-0.2, -0.15) is 0 Å². The number of carbonyl (C=O) groups excluding carboxylic acids is 1. The van der Waals surface area contributed by atoms with Crippen molar-refractivity contribution in [2.24, 2.45) is 5.92 Å². The van der Waals surface area contributed by atoms with Crippen molar-refractivity contribution < 1.29 is 4.79 Å². The van der Waals surface area contributed by atoms with Gasteiger partial charge >= 0.3 is 0 Å². The van der Waals surface area contributed by atoms with E-state index >= 15 is 0 Å². The van der Waals surface area contributed by atoms with Gasteiger partial charge in [-0.3, -0.25) is 4.79 Å². The summed E-state index contributed by atoms with van der Waals surface area (Å²) in [7, 11) is 0. The standard InChI is InChI=1S/C13H22N2O/c16-13(10-4-5-10)15-8-6-12(7-9-15)14-11-2-1-3-11/h10-12,14H,1-9H2. The molecule has 2 aliphatic carbocycles. The highest BCUT2D eigenvalue weighted by Crippen LogP contribution is 2.32. The first-order valence-electron chi connectivity index (χ1n) is 6.88. The molecule has 3 rings (SSSR count). The Bertz CT molecular complexity index is 263. The lowest BCUT2D eigenvalue weighted by Crippen LogP contribution is -2.49. The van der Waals surface area contributed by atoms with Crippen LogP contribution in [0.25, 0.3) is 0 Å². The molecule has 16 heavy (non-hydrogen) atoms. The molecule has 3 fully saturated rings. The molecule has 0 unspecified atom stereocenters. The molecule has 3 aliphatic rings. The lowest BCUT2D eigenvalue weighted by Gasteiger charge is -2.37. The van der Waals surface area contributed by atoms with E-state index in [4.69, 9.17) is 0 Å². The van der Waals surface area contributed by atoms with Gasteiger partial charge in [-0.25, -0.2) is 0 Å². The molecule has 0 aromatic carbocycles. The molecule has 0 atom stereocenters. The third-order valence-corrected chi connectivity index (χ3v) is 4.31. The van der Waals surface area contributed by atoms with Gasteiger partial charge in [0.15, 0.2) is 0 Å². The quantitative estimate of drug-likeness (QED) is 0.785. The number of hydrogen-bond donors (Lipinski definition) is 1. The van der Waals surface area contributed by atoms with Gasteiger partial charge in [-0.05, 0) is 38.5 Å². The van der Waals surface area contributed by atoms with E-state index in [2.05, 4.69) is 10.2 Å². The lowest BCUT2D eigenvalue weighted by molar-refractivity contribution is -0.133. The van der Waals surface area contributed by atoms with Crippen molar-refractivity contribution >= 4 is 5.91 Å². The van der Waals surface area contributed by atoms with E-state index in [1.807, 2.05) is 0 Å². The number of likely N-dealkylation sites (tertiary alicyclic amines) is 1. The van der Waals surface area contributed by atoms with E-state index in [0.717, 1.165) is 44.8 Å². The topological polar surface area (TPSA) is 32.3 Å². The predicted molar refractivity (Wildman–Crippen MR) is 63.1 cm³/mol. The number of amides is 1. The molecular weight excluding hydrogens is 200 g/mol. The Labute approximate surface area is 97.6 Å². The molecule has 1 heterocycles. The summed E-state index contributed by atoms with van der Waals surface area (Å²) in [5.41, 5.74) is 0. The summed E-state index contributed by atoms with van der Waals surface area (Å²) >= 11 is 0. The molecular formula is C13H22N2O. The highest BCUT2D eigenvalue weighted by Gasteiger charge is 2.35. The molecule has 3 heteroatoms. The Morgan fingerprint density at radius 3 is 2.06 bits per heavy atom. The van der Waals surface area contributed by atoms with Crippen LogP contribution < -0.4 is 5.32 Å². The third-order valence-electron chi connectivity index (χ3n) is 4.31. The molecule has 90 valence electrons. The van der Waals surface area contributed by atoms with E-state index in [-0.39, 0.29) is 0 Å². The monoisotopic (exact) mass is 222 g/mol. The molecule has 2 saturated carbocycles. The zero-order chi connectivity index (χ0) is 11.0. The van der Waals surface area contributed by atoms with Crippen LogP contribution >= 0.6 is 0 Å². The zero-order valence-corrected chi connectivity index (χ0v) is 9.95. The average Bonchev–Trinajstić information content (AvgIpc) is 3.07. The summed E-state index contributed by atoms with van der Waals surface area (Å²) in [6, 6.07) is 1.46. The van der Waals surface area contributed by atoms with Crippen LogP contribution in [0.1, 0.15) is 44.9 Å². The van der Waals surface area contributed by atoms with Crippen molar-refractivity contribution in [2.75, 3.05) is 13.1 Å². The van der Waals surface area contributed by atoms with Crippen molar-refractivity contribution in [3.8, 4) is 0 Å². The summed E-state index contributed by atoms with van der Waals surface area (Å²) in [6.07, 6.45) is 8.72. The predicted octanol–water partition coefficient (Wildman–Crippen LogP) is 1.53. The number of carbonyl (C=O) groups is 1. The molecule has 1 amide bonds. The van der Waals surface area contributed by atoms with Crippen LogP contribution in [-0.2, 0) is 4.79 Å². The van der Waals surface area contributed by atoms with Crippen molar-refractivity contribution in [3.63, 3.8) is 0 Å². The summed E-state index contributed by atoms with van der Waals surface area (Å²) < 4.78 is 0. The minimum Gasteiger partial charge on any atom is -0.342 e. The highest BCUT2D eigenvalue weighted by molar-refractivity contribution is 5.81. The maximum Gasteiger partial charge on any atom is 0.225 e. The van der Waals surface area contributed by atoms with E-state index in [1.54, 1.807) is 0 Å². The Kier molecular flexibility index (Phi) is 2.88. The number of rotatable bonds is 3. The Balaban J connectivity index is 1.42. The summed E-state index contributed by atoms with van der Waals surface area (Å²) in [5, 5.41) is 3.72. The van der Waals surface area contributed by atoms with Crippen LogP contribution in [0, 0.1) is 5.92 Å². The number of nitrogens with one attached hydrogen (secondary N) is 1. The first kappa shape index (κ1) is 10.6. The normalized spacial score (nSPS) is 27.9. The number of nitrogens with zero attached hydrogens (tertiary/aromatic N) is 1. The maximum absolute atomic E-state index is 11.9. The summed E-state index contributed by atoms with van der Waals surface area (Å²) in [4.78, 5) is 14.0. The number of hydrogen-bond acceptors (Lipinski definition) is 2. The van der Waals surface area contributed by atoms with Gasteiger partial charge in [0.05, 0.1) is 0 Å². The fraction of sp³-hybridized carbons (Fsp3) is 0.923. The Hall–Kier alpha value is -0.570. The molecule has 1 saturated heterocycles. The van der Waals surface area contributed by atoms with Crippen LogP contribution in [-0.4, -0.2) is 36.0 Å². The Morgan fingerprint density at radius 2 is 1.56 bits per heavy atom. The fourth-order valence-corrected chi connectivity index (χ4v) is 2.76. The van der Waals surface area contributed by atoms with Crippen LogP contribution in [0.4, 0.5) is 0 Å². The molecule has 0 aromatic heterocycles. The van der Waals surface area contributed by atoms with Gasteiger partial charge in [0.2, 0.25) is 5.91 Å². The van der Waals surface area contributed by atoms with E-state index in [9.17, 15) is 4.79 Å². The largest absolute Gasteiger partial charge is 0.342 e. The first-order valence-corrected chi connectivity index (χ1v) is 6.88. The van der Waals surface area contributed by atoms with Crippen molar-refractivity contribution in [2.45, 2.75) is 57.0 Å². The summed E-state index contributed by atoms with van der Waals surface area (Å²) in [5.74, 6) is 0.832. The van der Waals surface area contributed by atoms with Crippen LogP contribution in [0.5, 0.6) is 0 Å². The van der Waals surface area contributed by atoms with Crippen LogP contribution in [0.15, 0.2) is 0 Å². The molecule has 0 aromatic rings. The molecule has 1 N–H and O–H groups in total. The lowest BCUT2D eigenvalue weighted by atomic mass is 9.91. The van der Waals surface area contributed by atoms with E-state index in [1.165, 1.54) is 19.3 Å². The van der Waals surface area contributed by atoms with Crippen molar-refractivity contribution in [3.05, 3.63) is 0 Å². The SMILES string of the molecule is O=C(C1CC1)N1CCC(NC2CCC2)CC1. The van der Waals surface area contributed by atoms with Gasteiger partial charge in [-0.1, -0.05) is 6.42 Å². The van der Waals surface area contributed by atoms with Gasteiger partial charge in [0.25, 0.3) is 0 Å². The van der Waals surface area contributed by atoms with Gasteiger partial charge < -0.3 is 10.2 Å². The summed E-state index contributed by atoms with van der Waals surface area (Å²) in [6.45, 7) is 1.97. The first-order chi connectivity index (χ1) is 7.83. The van der Waals surface area contributed by atoms with Gasteiger partial charge in [0, 0.05) is 31.1 Å². The van der Waals surface area contributed by atoms with E-state index < -0.39 is 0 Å². The molecule has 1 aliphatic heterocycles. The van der Waals surface area contributed by atoms with Crippen molar-refractivity contribution in [1.29, 1.82) is 0 Å². The van der Waals surface area contributed by atoms with E-state index in [0.29, 0.717) is 17.9 Å². The number of piperidine rings is 1. The highest BCUT2D eigenvalue weighted by atomic mass is 16.2. The maximum atomic E-state index is 11.9. The van der Waals surface area contributed by atoms with Crippen molar-refractivity contribution in [1.82, 2.24) is 10.2 Å². The molecule has 0 spiro atoms. The smallest absolute Gasteiger partial charge is 0.225 e. The zero-order valence-electron chi connectivity index (χ0n) is 9.95. The fourth-order valence-electron chi connectivity index (χ4n) is 2.76. The van der Waals surface area contributed by atoms with Crippen LogP contribution in [0.3, 0.4) is 0 Å². The Morgan fingerprint density at radius 1 is 0.938 bits per heavy atom.